The first-order valence-electron chi connectivity index (χ1n) is 8.53. The van der Waals surface area contributed by atoms with Gasteiger partial charge in [-0.1, -0.05) is 6.92 Å². The van der Waals surface area contributed by atoms with Gasteiger partial charge in [0.25, 0.3) is 10.2 Å². The van der Waals surface area contributed by atoms with E-state index >= 15 is 0 Å². The average Bonchev–Trinajstić information content (AvgIpc) is 3.20. The van der Waals surface area contributed by atoms with Crippen molar-refractivity contribution in [3.8, 4) is 0 Å². The van der Waals surface area contributed by atoms with Crippen molar-refractivity contribution in [1.29, 1.82) is 0 Å². The largest absolute Gasteiger partial charge is 0.314 e. The van der Waals surface area contributed by atoms with Gasteiger partial charge in [0.2, 0.25) is 0 Å². The Bertz CT molecular complexity index is 450. The second-order valence-corrected chi connectivity index (χ2v) is 8.99. The molecule has 1 aliphatic heterocycles. The maximum atomic E-state index is 12.5. The molecule has 1 heterocycles. The van der Waals surface area contributed by atoms with Gasteiger partial charge < -0.3 is 5.32 Å². The fourth-order valence-corrected chi connectivity index (χ4v) is 5.19. The molecule has 21 heavy (non-hydrogen) atoms. The van der Waals surface area contributed by atoms with E-state index in [0.717, 1.165) is 38.6 Å². The normalized spacial score (nSPS) is 35.2. The summed E-state index contributed by atoms with van der Waals surface area (Å²) >= 11 is 0. The minimum absolute atomic E-state index is 0.148. The Labute approximate surface area is 129 Å². The van der Waals surface area contributed by atoms with Gasteiger partial charge in [0.15, 0.2) is 0 Å². The van der Waals surface area contributed by atoms with Crippen LogP contribution in [0.15, 0.2) is 0 Å². The number of hydrogen-bond donors (Lipinski definition) is 2. The van der Waals surface area contributed by atoms with Gasteiger partial charge in [-0.25, -0.2) is 0 Å². The Morgan fingerprint density at radius 2 is 1.86 bits per heavy atom. The summed E-state index contributed by atoms with van der Waals surface area (Å²) < 4.78 is 29.7. The second kappa shape index (κ2) is 6.52. The number of hydrogen-bond acceptors (Lipinski definition) is 3. The summed E-state index contributed by atoms with van der Waals surface area (Å²) in [5.41, 5.74) is 0. The maximum absolute atomic E-state index is 12.5. The van der Waals surface area contributed by atoms with Gasteiger partial charge in [0, 0.05) is 25.2 Å². The highest BCUT2D eigenvalue weighted by Gasteiger charge is 2.33. The highest BCUT2D eigenvalue weighted by molar-refractivity contribution is 7.87. The molecule has 3 rings (SSSR count). The first-order valence-corrected chi connectivity index (χ1v) is 9.98. The van der Waals surface area contributed by atoms with Crippen LogP contribution in [-0.2, 0) is 10.2 Å². The summed E-state index contributed by atoms with van der Waals surface area (Å²) in [6.07, 6.45) is 7.82. The van der Waals surface area contributed by atoms with Crippen LogP contribution in [0.4, 0.5) is 0 Å². The highest BCUT2D eigenvalue weighted by Crippen LogP contribution is 2.26. The number of piperidine rings is 1. The Morgan fingerprint density at radius 1 is 1.10 bits per heavy atom. The Morgan fingerprint density at radius 3 is 2.52 bits per heavy atom. The molecule has 3 atom stereocenters. The number of nitrogens with one attached hydrogen (secondary N) is 2. The summed E-state index contributed by atoms with van der Waals surface area (Å²) in [7, 11) is -3.29. The lowest BCUT2D eigenvalue weighted by molar-refractivity contribution is 0.256. The van der Waals surface area contributed by atoms with Crippen molar-refractivity contribution < 1.29 is 8.42 Å². The smallest absolute Gasteiger partial charge is 0.279 e. The molecule has 0 aromatic rings. The third-order valence-corrected chi connectivity index (χ3v) is 6.75. The number of rotatable bonds is 6. The SMILES string of the molecule is CC1CCC(NS(=O)(=O)N2CCCC(CNC3CC3)C2)C1. The molecule has 6 heteroatoms. The molecular formula is C15H29N3O2S. The van der Waals surface area contributed by atoms with Gasteiger partial charge in [-0.05, 0) is 63.3 Å². The van der Waals surface area contributed by atoms with E-state index in [1.165, 1.54) is 12.8 Å². The van der Waals surface area contributed by atoms with Crippen LogP contribution in [-0.4, -0.2) is 44.4 Å². The molecule has 2 aliphatic carbocycles. The molecule has 2 N–H and O–H groups in total. The zero-order valence-electron chi connectivity index (χ0n) is 13.1. The van der Waals surface area contributed by atoms with E-state index in [-0.39, 0.29) is 6.04 Å². The zero-order valence-corrected chi connectivity index (χ0v) is 13.9. The van der Waals surface area contributed by atoms with Gasteiger partial charge in [0.1, 0.15) is 0 Å². The molecule has 0 radical (unpaired) electrons. The lowest BCUT2D eigenvalue weighted by Crippen LogP contribution is -2.49. The molecule has 3 aliphatic rings. The molecule has 0 spiro atoms. The Kier molecular flexibility index (Phi) is 4.88. The van der Waals surface area contributed by atoms with E-state index in [1.54, 1.807) is 4.31 Å². The van der Waals surface area contributed by atoms with E-state index in [9.17, 15) is 8.42 Å². The van der Waals surface area contributed by atoms with Crippen LogP contribution in [0.1, 0.15) is 51.9 Å². The van der Waals surface area contributed by atoms with E-state index in [2.05, 4.69) is 17.0 Å². The number of nitrogens with zero attached hydrogens (tertiary/aromatic N) is 1. The van der Waals surface area contributed by atoms with Gasteiger partial charge in [-0.3, -0.25) is 0 Å². The van der Waals surface area contributed by atoms with Crippen LogP contribution < -0.4 is 10.0 Å². The van der Waals surface area contributed by atoms with Crippen molar-refractivity contribution in [3.63, 3.8) is 0 Å². The lowest BCUT2D eigenvalue weighted by Gasteiger charge is -2.33. The van der Waals surface area contributed by atoms with Crippen LogP contribution in [0, 0.1) is 11.8 Å². The molecule has 0 amide bonds. The molecule has 3 fully saturated rings. The predicted octanol–water partition coefficient (Wildman–Crippen LogP) is 1.47. The Balaban J connectivity index is 1.51. The predicted molar refractivity (Wildman–Crippen MR) is 84.2 cm³/mol. The molecule has 0 aromatic carbocycles. The van der Waals surface area contributed by atoms with Crippen molar-refractivity contribution in [2.75, 3.05) is 19.6 Å². The van der Waals surface area contributed by atoms with Crippen LogP contribution in [0.5, 0.6) is 0 Å². The summed E-state index contributed by atoms with van der Waals surface area (Å²) in [6, 6.07) is 0.852. The third kappa shape index (κ3) is 4.41. The van der Waals surface area contributed by atoms with Gasteiger partial charge >= 0.3 is 0 Å². The van der Waals surface area contributed by atoms with Crippen molar-refractivity contribution in [3.05, 3.63) is 0 Å². The van der Waals surface area contributed by atoms with E-state index in [1.807, 2.05) is 0 Å². The summed E-state index contributed by atoms with van der Waals surface area (Å²) in [5, 5.41) is 3.54. The van der Waals surface area contributed by atoms with E-state index in [4.69, 9.17) is 0 Å². The van der Waals surface area contributed by atoms with Crippen molar-refractivity contribution >= 4 is 10.2 Å². The van der Waals surface area contributed by atoms with Gasteiger partial charge in [0.05, 0.1) is 0 Å². The van der Waals surface area contributed by atoms with E-state index in [0.29, 0.717) is 31.0 Å². The fraction of sp³-hybridized carbons (Fsp3) is 1.00. The average molecular weight is 315 g/mol. The molecular weight excluding hydrogens is 286 g/mol. The lowest BCUT2D eigenvalue weighted by atomic mass is 10.00. The van der Waals surface area contributed by atoms with Crippen LogP contribution in [0.3, 0.4) is 0 Å². The van der Waals surface area contributed by atoms with Gasteiger partial charge in [-0.2, -0.15) is 17.4 Å². The molecule has 1 saturated heterocycles. The minimum atomic E-state index is -3.29. The molecule has 2 saturated carbocycles. The first-order chi connectivity index (χ1) is 10.0. The van der Waals surface area contributed by atoms with Crippen LogP contribution in [0.25, 0.3) is 0 Å². The zero-order chi connectivity index (χ0) is 14.9. The summed E-state index contributed by atoms with van der Waals surface area (Å²) in [6.45, 7) is 4.53. The monoisotopic (exact) mass is 315 g/mol. The molecule has 0 aromatic heterocycles. The van der Waals surface area contributed by atoms with Crippen molar-refractivity contribution in [2.45, 2.75) is 64.0 Å². The third-order valence-electron chi connectivity index (χ3n) is 5.10. The van der Waals surface area contributed by atoms with E-state index < -0.39 is 10.2 Å². The quantitative estimate of drug-likeness (QED) is 0.780. The molecule has 122 valence electrons. The molecule has 5 nitrogen and oxygen atoms in total. The topological polar surface area (TPSA) is 61.4 Å². The molecule has 3 unspecified atom stereocenters. The maximum Gasteiger partial charge on any atom is 0.279 e. The highest BCUT2D eigenvalue weighted by atomic mass is 32.2. The van der Waals surface area contributed by atoms with Crippen molar-refractivity contribution in [1.82, 2.24) is 14.3 Å². The molecule has 0 bridgehead atoms. The van der Waals surface area contributed by atoms with Crippen LogP contribution >= 0.6 is 0 Å². The Hall–Kier alpha value is -0.170. The van der Waals surface area contributed by atoms with Crippen molar-refractivity contribution in [2.24, 2.45) is 11.8 Å². The summed E-state index contributed by atoms with van der Waals surface area (Å²) in [5.74, 6) is 1.12. The first kappa shape index (κ1) is 15.7. The fourth-order valence-electron chi connectivity index (χ4n) is 3.63. The van der Waals surface area contributed by atoms with Crippen LogP contribution in [0.2, 0.25) is 0 Å². The van der Waals surface area contributed by atoms with Gasteiger partial charge in [-0.15, -0.1) is 0 Å². The summed E-state index contributed by atoms with van der Waals surface area (Å²) in [4.78, 5) is 0. The minimum Gasteiger partial charge on any atom is -0.314 e. The second-order valence-electron chi connectivity index (χ2n) is 7.29. The standard InChI is InChI=1S/C15H29N3O2S/c1-12-4-5-15(9-12)17-21(19,20)18-8-2-3-13(11-18)10-16-14-6-7-14/h12-17H,2-11H2,1H3.